The van der Waals surface area contributed by atoms with Gasteiger partial charge < -0.3 is 15.3 Å². The van der Waals surface area contributed by atoms with Crippen LogP contribution in [-0.2, 0) is 4.79 Å². The summed E-state index contributed by atoms with van der Waals surface area (Å²) >= 11 is 0. The molecule has 1 saturated heterocycles. The number of hydrogen-bond donors (Lipinski definition) is 2. The maximum Gasteiger partial charge on any atom is 0.391 e. The number of carbonyl (C=O) groups excluding carboxylic acids is 1. The summed E-state index contributed by atoms with van der Waals surface area (Å²) in [5.41, 5.74) is -0.941. The summed E-state index contributed by atoms with van der Waals surface area (Å²) in [4.78, 5) is 24.7. The highest BCUT2D eigenvalue weighted by Crippen LogP contribution is 2.39. The average molecular weight is 336 g/mol. The van der Waals surface area contributed by atoms with E-state index in [0.29, 0.717) is 25.8 Å². The van der Waals surface area contributed by atoms with Gasteiger partial charge in [-0.05, 0) is 38.5 Å². The zero-order chi connectivity index (χ0) is 17.3. The van der Waals surface area contributed by atoms with Gasteiger partial charge >= 0.3 is 18.2 Å². The summed E-state index contributed by atoms with van der Waals surface area (Å²) in [6.07, 6.45) is -2.37. The maximum absolute atomic E-state index is 12.8. The number of urea groups is 1. The number of carboxylic acid groups (broad SMARTS) is 1. The lowest BCUT2D eigenvalue weighted by atomic mass is 9.81. The van der Waals surface area contributed by atoms with E-state index in [1.54, 1.807) is 6.92 Å². The van der Waals surface area contributed by atoms with E-state index in [2.05, 4.69) is 5.32 Å². The van der Waals surface area contributed by atoms with Crippen molar-refractivity contribution in [2.45, 2.75) is 45.2 Å². The summed E-state index contributed by atoms with van der Waals surface area (Å²) in [5, 5.41) is 11.8. The molecule has 5 nitrogen and oxygen atoms in total. The van der Waals surface area contributed by atoms with Gasteiger partial charge in [0.15, 0.2) is 0 Å². The molecule has 23 heavy (non-hydrogen) atoms. The molecule has 2 fully saturated rings. The first kappa shape index (κ1) is 17.9. The number of nitrogens with one attached hydrogen (secondary N) is 1. The molecule has 2 aliphatic rings. The Bertz CT molecular complexity index is 469. The molecule has 1 aliphatic carbocycles. The third kappa shape index (κ3) is 4.29. The number of hydrogen-bond acceptors (Lipinski definition) is 2. The molecule has 0 aromatic rings. The molecule has 0 aromatic carbocycles. The lowest BCUT2D eigenvalue weighted by Crippen LogP contribution is -2.43. The first-order valence-electron chi connectivity index (χ1n) is 7.95. The molecule has 1 aliphatic heterocycles. The Hall–Kier alpha value is -1.47. The van der Waals surface area contributed by atoms with Crippen molar-refractivity contribution >= 4 is 12.0 Å². The summed E-state index contributed by atoms with van der Waals surface area (Å²) in [6, 6.07) is -0.385. The second kappa shape index (κ2) is 6.57. The topological polar surface area (TPSA) is 69.6 Å². The second-order valence-electron chi connectivity index (χ2n) is 6.99. The highest BCUT2D eigenvalue weighted by molar-refractivity contribution is 5.79. The van der Waals surface area contributed by atoms with E-state index in [1.807, 2.05) is 0 Å². The van der Waals surface area contributed by atoms with Crippen LogP contribution in [0.2, 0.25) is 0 Å². The van der Waals surface area contributed by atoms with Crippen molar-refractivity contribution in [1.29, 1.82) is 0 Å². The molecule has 0 radical (unpaired) electrons. The molecule has 2 amide bonds. The predicted octanol–water partition coefficient (Wildman–Crippen LogP) is 2.86. The number of carboxylic acids is 1. The van der Waals surface area contributed by atoms with Crippen LogP contribution in [0.5, 0.6) is 0 Å². The standard InChI is InChI=1S/C15H23F3N2O3/c1-14(12(21)22)5-6-20(9-14)13(23)19-8-10-3-2-4-11(7-10)15(16,17)18/h10-11H,2-9H2,1H3,(H,19,23)(H,21,22). The van der Waals surface area contributed by atoms with E-state index in [9.17, 15) is 22.8 Å². The van der Waals surface area contributed by atoms with Crippen LogP contribution in [0.15, 0.2) is 0 Å². The number of nitrogens with zero attached hydrogens (tertiary/aromatic N) is 1. The smallest absolute Gasteiger partial charge is 0.391 e. The number of amides is 2. The SMILES string of the molecule is CC1(C(=O)O)CCN(C(=O)NCC2CCCC(C(F)(F)F)C2)C1. The summed E-state index contributed by atoms with van der Waals surface area (Å²) in [6.45, 7) is 2.29. The molecule has 3 atom stereocenters. The summed E-state index contributed by atoms with van der Waals surface area (Å²) < 4.78 is 38.3. The monoisotopic (exact) mass is 336 g/mol. The first-order valence-corrected chi connectivity index (χ1v) is 7.95. The van der Waals surface area contributed by atoms with Crippen molar-refractivity contribution in [1.82, 2.24) is 10.2 Å². The largest absolute Gasteiger partial charge is 0.481 e. The first-order chi connectivity index (χ1) is 10.6. The molecule has 2 rings (SSSR count). The van der Waals surface area contributed by atoms with Gasteiger partial charge in [-0.2, -0.15) is 13.2 Å². The fourth-order valence-corrected chi connectivity index (χ4v) is 3.43. The molecule has 0 bridgehead atoms. The average Bonchev–Trinajstić information content (AvgIpc) is 2.88. The van der Waals surface area contributed by atoms with Gasteiger partial charge in [-0.25, -0.2) is 4.79 Å². The van der Waals surface area contributed by atoms with E-state index in [0.717, 1.165) is 0 Å². The molecule has 1 heterocycles. The quantitative estimate of drug-likeness (QED) is 0.833. The Morgan fingerprint density at radius 1 is 1.35 bits per heavy atom. The highest BCUT2D eigenvalue weighted by atomic mass is 19.4. The zero-order valence-electron chi connectivity index (χ0n) is 13.2. The number of likely N-dealkylation sites (tertiary alicyclic amines) is 1. The van der Waals surface area contributed by atoms with Crippen LogP contribution in [0, 0.1) is 17.3 Å². The van der Waals surface area contributed by atoms with Crippen LogP contribution in [0.25, 0.3) is 0 Å². The molecule has 0 spiro atoms. The van der Waals surface area contributed by atoms with E-state index in [-0.39, 0.29) is 37.9 Å². The minimum atomic E-state index is -4.17. The maximum atomic E-state index is 12.8. The Balaban J connectivity index is 1.80. The van der Waals surface area contributed by atoms with Crippen molar-refractivity contribution in [3.63, 3.8) is 0 Å². The minimum Gasteiger partial charge on any atom is -0.481 e. The minimum absolute atomic E-state index is 0.0522. The van der Waals surface area contributed by atoms with Crippen LogP contribution in [-0.4, -0.2) is 47.8 Å². The van der Waals surface area contributed by atoms with Crippen LogP contribution in [0.3, 0.4) is 0 Å². The third-order valence-electron chi connectivity index (χ3n) is 5.06. The Morgan fingerprint density at radius 2 is 2.04 bits per heavy atom. The summed E-state index contributed by atoms with van der Waals surface area (Å²) in [7, 11) is 0. The molecule has 1 saturated carbocycles. The second-order valence-corrected chi connectivity index (χ2v) is 6.99. The lowest BCUT2D eigenvalue weighted by Gasteiger charge is -2.31. The zero-order valence-corrected chi connectivity index (χ0v) is 13.2. The Morgan fingerprint density at radius 3 is 2.61 bits per heavy atom. The number of rotatable bonds is 3. The van der Waals surface area contributed by atoms with Crippen LogP contribution in [0.4, 0.5) is 18.0 Å². The third-order valence-corrected chi connectivity index (χ3v) is 5.06. The molecule has 3 unspecified atom stereocenters. The van der Waals surface area contributed by atoms with Gasteiger partial charge in [-0.15, -0.1) is 0 Å². The highest BCUT2D eigenvalue weighted by Gasteiger charge is 2.43. The molecule has 0 aromatic heterocycles. The number of carbonyl (C=O) groups is 2. The van der Waals surface area contributed by atoms with Gasteiger partial charge in [-0.3, -0.25) is 4.79 Å². The number of alkyl halides is 3. The number of halogens is 3. The van der Waals surface area contributed by atoms with E-state index >= 15 is 0 Å². The molecule has 8 heteroatoms. The van der Waals surface area contributed by atoms with Crippen LogP contribution < -0.4 is 5.32 Å². The van der Waals surface area contributed by atoms with Gasteiger partial charge in [0, 0.05) is 19.6 Å². The lowest BCUT2D eigenvalue weighted by molar-refractivity contribution is -0.185. The predicted molar refractivity (Wildman–Crippen MR) is 76.8 cm³/mol. The number of aliphatic carboxylic acids is 1. The van der Waals surface area contributed by atoms with E-state index in [4.69, 9.17) is 5.11 Å². The fourth-order valence-electron chi connectivity index (χ4n) is 3.43. The van der Waals surface area contributed by atoms with Gasteiger partial charge in [-0.1, -0.05) is 6.42 Å². The van der Waals surface area contributed by atoms with E-state index < -0.39 is 23.5 Å². The van der Waals surface area contributed by atoms with Crippen molar-refractivity contribution in [2.24, 2.45) is 17.3 Å². The van der Waals surface area contributed by atoms with Gasteiger partial charge in [0.05, 0.1) is 11.3 Å². The van der Waals surface area contributed by atoms with Gasteiger partial charge in [0.1, 0.15) is 0 Å². The molecular formula is C15H23F3N2O3. The molecule has 2 N–H and O–H groups in total. The fraction of sp³-hybridized carbons (Fsp3) is 0.867. The normalized spacial score (nSPS) is 31.9. The van der Waals surface area contributed by atoms with Crippen molar-refractivity contribution < 1.29 is 27.9 Å². The summed E-state index contributed by atoms with van der Waals surface area (Å²) in [5.74, 6) is -2.39. The van der Waals surface area contributed by atoms with Crippen LogP contribution >= 0.6 is 0 Å². The Labute approximate surface area is 133 Å². The van der Waals surface area contributed by atoms with Gasteiger partial charge in [0.2, 0.25) is 0 Å². The van der Waals surface area contributed by atoms with Crippen LogP contribution in [0.1, 0.15) is 39.0 Å². The van der Waals surface area contributed by atoms with Crippen molar-refractivity contribution in [3.8, 4) is 0 Å². The van der Waals surface area contributed by atoms with Gasteiger partial charge in [0.25, 0.3) is 0 Å². The van der Waals surface area contributed by atoms with Crippen molar-refractivity contribution in [3.05, 3.63) is 0 Å². The molecule has 132 valence electrons. The van der Waals surface area contributed by atoms with Crippen molar-refractivity contribution in [2.75, 3.05) is 19.6 Å². The Kier molecular flexibility index (Phi) is 5.10. The van der Waals surface area contributed by atoms with E-state index in [1.165, 1.54) is 4.90 Å². The molecular weight excluding hydrogens is 313 g/mol.